The van der Waals surface area contributed by atoms with E-state index >= 15 is 0 Å². The van der Waals surface area contributed by atoms with Crippen LogP contribution in [0.3, 0.4) is 0 Å². The Morgan fingerprint density at radius 1 is 1.17 bits per heavy atom. The molecule has 0 amide bonds. The fraction of sp³-hybridized carbons (Fsp3) is 0.625. The summed E-state index contributed by atoms with van der Waals surface area (Å²) in [4.78, 5) is 0. The summed E-state index contributed by atoms with van der Waals surface area (Å²) in [6.45, 7) is 7.39. The van der Waals surface area contributed by atoms with Crippen LogP contribution in [0.1, 0.15) is 37.8 Å². The van der Waals surface area contributed by atoms with Crippen LogP contribution in [-0.4, -0.2) is 19.3 Å². The summed E-state index contributed by atoms with van der Waals surface area (Å²) < 4.78 is 5.71. The molecule has 1 saturated heterocycles. The molecule has 2 unspecified atom stereocenters. The lowest BCUT2D eigenvalue weighted by Gasteiger charge is -2.17. The monoisotopic (exact) mass is 247 g/mol. The van der Waals surface area contributed by atoms with Crippen molar-refractivity contribution in [3.8, 4) is 0 Å². The van der Waals surface area contributed by atoms with Crippen LogP contribution in [0.15, 0.2) is 24.3 Å². The molecule has 1 aromatic rings. The molecule has 2 rings (SSSR count). The smallest absolute Gasteiger partial charge is 0.0613 e. The zero-order valence-electron chi connectivity index (χ0n) is 11.6. The lowest BCUT2D eigenvalue weighted by Crippen LogP contribution is -2.27. The Labute approximate surface area is 111 Å². The minimum atomic E-state index is 0.472. The summed E-state index contributed by atoms with van der Waals surface area (Å²) in [6.07, 6.45) is 3.93. The van der Waals surface area contributed by atoms with Gasteiger partial charge in [-0.1, -0.05) is 38.1 Å². The van der Waals surface area contributed by atoms with E-state index in [-0.39, 0.29) is 0 Å². The van der Waals surface area contributed by atoms with E-state index in [1.165, 1.54) is 17.5 Å². The average molecular weight is 247 g/mol. The molecule has 100 valence electrons. The minimum absolute atomic E-state index is 0.472. The van der Waals surface area contributed by atoms with E-state index in [1.807, 2.05) is 0 Å². The molecular weight excluding hydrogens is 222 g/mol. The van der Waals surface area contributed by atoms with Crippen LogP contribution in [0, 0.1) is 5.92 Å². The lowest BCUT2D eigenvalue weighted by atomic mass is 9.99. The minimum Gasteiger partial charge on any atom is -0.378 e. The molecule has 18 heavy (non-hydrogen) atoms. The maximum Gasteiger partial charge on any atom is 0.0613 e. The van der Waals surface area contributed by atoms with E-state index in [0.717, 1.165) is 32.5 Å². The van der Waals surface area contributed by atoms with Crippen molar-refractivity contribution < 1.29 is 4.74 Å². The van der Waals surface area contributed by atoms with Gasteiger partial charge >= 0.3 is 0 Å². The molecule has 0 aromatic heterocycles. The summed E-state index contributed by atoms with van der Waals surface area (Å²) in [5.41, 5.74) is 2.79. The standard InChI is InChI=1S/C16H25NO/c1-3-13-5-7-14(8-6-13)11-17-12-15-9-10-18-16(15)4-2/h5-8,15-17H,3-4,9-12H2,1-2H3. The predicted molar refractivity (Wildman–Crippen MR) is 75.7 cm³/mol. The first-order valence-electron chi connectivity index (χ1n) is 7.23. The molecule has 2 atom stereocenters. The van der Waals surface area contributed by atoms with Crippen molar-refractivity contribution in [2.75, 3.05) is 13.2 Å². The SMILES string of the molecule is CCc1ccc(CNCC2CCOC2CC)cc1. The largest absolute Gasteiger partial charge is 0.378 e. The summed E-state index contributed by atoms with van der Waals surface area (Å²) in [5, 5.41) is 3.57. The highest BCUT2D eigenvalue weighted by molar-refractivity contribution is 5.22. The molecule has 0 radical (unpaired) electrons. The number of ether oxygens (including phenoxy) is 1. The lowest BCUT2D eigenvalue weighted by molar-refractivity contribution is 0.0872. The zero-order chi connectivity index (χ0) is 12.8. The quantitative estimate of drug-likeness (QED) is 0.834. The van der Waals surface area contributed by atoms with Gasteiger partial charge in [-0.3, -0.25) is 0 Å². The first kappa shape index (κ1) is 13.6. The van der Waals surface area contributed by atoms with Gasteiger partial charge in [0, 0.05) is 19.7 Å². The molecule has 1 fully saturated rings. The van der Waals surface area contributed by atoms with Gasteiger partial charge in [-0.15, -0.1) is 0 Å². The molecule has 0 bridgehead atoms. The van der Waals surface area contributed by atoms with Crippen molar-refractivity contribution in [3.05, 3.63) is 35.4 Å². The van der Waals surface area contributed by atoms with E-state index in [0.29, 0.717) is 12.0 Å². The summed E-state index contributed by atoms with van der Waals surface area (Å²) in [5.74, 6) is 0.699. The van der Waals surface area contributed by atoms with Crippen molar-refractivity contribution >= 4 is 0 Å². The normalized spacial score (nSPS) is 23.4. The van der Waals surface area contributed by atoms with Crippen LogP contribution >= 0.6 is 0 Å². The van der Waals surface area contributed by atoms with E-state index < -0.39 is 0 Å². The molecule has 1 N–H and O–H groups in total. The Balaban J connectivity index is 1.74. The fourth-order valence-corrected chi connectivity index (χ4v) is 2.67. The van der Waals surface area contributed by atoms with Gasteiger partial charge in [0.05, 0.1) is 6.10 Å². The highest BCUT2D eigenvalue weighted by Crippen LogP contribution is 2.22. The number of rotatable bonds is 6. The third-order valence-corrected chi connectivity index (χ3v) is 3.92. The molecule has 0 saturated carbocycles. The summed E-state index contributed by atoms with van der Waals surface area (Å²) in [6, 6.07) is 8.91. The fourth-order valence-electron chi connectivity index (χ4n) is 2.67. The Bertz CT molecular complexity index is 347. The van der Waals surface area contributed by atoms with Crippen LogP contribution in [0.25, 0.3) is 0 Å². The molecule has 1 aliphatic heterocycles. The van der Waals surface area contributed by atoms with Crippen LogP contribution in [-0.2, 0) is 17.7 Å². The molecule has 0 spiro atoms. The van der Waals surface area contributed by atoms with Crippen molar-refractivity contribution in [1.29, 1.82) is 0 Å². The number of aryl methyl sites for hydroxylation is 1. The second-order valence-electron chi connectivity index (χ2n) is 5.17. The van der Waals surface area contributed by atoms with Crippen LogP contribution in [0.5, 0.6) is 0 Å². The second kappa shape index (κ2) is 6.91. The van der Waals surface area contributed by atoms with Crippen molar-refractivity contribution in [2.24, 2.45) is 5.92 Å². The van der Waals surface area contributed by atoms with Crippen molar-refractivity contribution in [1.82, 2.24) is 5.32 Å². The molecule has 2 nitrogen and oxygen atoms in total. The van der Waals surface area contributed by atoms with Crippen molar-refractivity contribution in [2.45, 2.75) is 45.8 Å². The first-order chi connectivity index (χ1) is 8.83. The Hall–Kier alpha value is -0.860. The highest BCUT2D eigenvalue weighted by Gasteiger charge is 2.25. The average Bonchev–Trinajstić information content (AvgIpc) is 2.87. The van der Waals surface area contributed by atoms with Gasteiger partial charge < -0.3 is 10.1 Å². The molecule has 1 aliphatic rings. The van der Waals surface area contributed by atoms with Gasteiger partial charge in [-0.2, -0.15) is 0 Å². The highest BCUT2D eigenvalue weighted by atomic mass is 16.5. The van der Waals surface area contributed by atoms with Gasteiger partial charge in [0.25, 0.3) is 0 Å². The summed E-state index contributed by atoms with van der Waals surface area (Å²) >= 11 is 0. The Morgan fingerprint density at radius 2 is 1.89 bits per heavy atom. The van der Waals surface area contributed by atoms with E-state index in [4.69, 9.17) is 4.74 Å². The number of benzene rings is 1. The van der Waals surface area contributed by atoms with Gasteiger partial charge in [0.1, 0.15) is 0 Å². The van der Waals surface area contributed by atoms with Crippen molar-refractivity contribution in [3.63, 3.8) is 0 Å². The molecule has 0 aliphatic carbocycles. The summed E-state index contributed by atoms with van der Waals surface area (Å²) in [7, 11) is 0. The predicted octanol–water partition coefficient (Wildman–Crippen LogP) is 3.15. The third-order valence-electron chi connectivity index (χ3n) is 3.92. The van der Waals surface area contributed by atoms with Crippen LogP contribution in [0.4, 0.5) is 0 Å². The maximum absolute atomic E-state index is 5.71. The maximum atomic E-state index is 5.71. The Kier molecular flexibility index (Phi) is 5.21. The first-order valence-corrected chi connectivity index (χ1v) is 7.23. The zero-order valence-corrected chi connectivity index (χ0v) is 11.6. The molecule has 2 heteroatoms. The van der Waals surface area contributed by atoms with Gasteiger partial charge in [-0.25, -0.2) is 0 Å². The van der Waals surface area contributed by atoms with Crippen LogP contribution < -0.4 is 5.32 Å². The molecule has 1 aromatic carbocycles. The molecular formula is C16H25NO. The molecule has 1 heterocycles. The number of hydrogen-bond acceptors (Lipinski definition) is 2. The van der Waals surface area contributed by atoms with E-state index in [9.17, 15) is 0 Å². The number of nitrogens with one attached hydrogen (secondary N) is 1. The van der Waals surface area contributed by atoms with Gasteiger partial charge in [-0.05, 0) is 36.3 Å². The van der Waals surface area contributed by atoms with E-state index in [2.05, 4.69) is 43.4 Å². The number of hydrogen-bond donors (Lipinski definition) is 1. The van der Waals surface area contributed by atoms with Gasteiger partial charge in [0.2, 0.25) is 0 Å². The second-order valence-corrected chi connectivity index (χ2v) is 5.17. The third kappa shape index (κ3) is 3.56. The van der Waals surface area contributed by atoms with E-state index in [1.54, 1.807) is 0 Å². The van der Waals surface area contributed by atoms with Gasteiger partial charge in [0.15, 0.2) is 0 Å². The Morgan fingerprint density at radius 3 is 2.56 bits per heavy atom. The van der Waals surface area contributed by atoms with Crippen LogP contribution in [0.2, 0.25) is 0 Å². The topological polar surface area (TPSA) is 21.3 Å².